The van der Waals surface area contributed by atoms with Gasteiger partial charge in [0.2, 0.25) is 0 Å². The lowest BCUT2D eigenvalue weighted by atomic mass is 10.3. The van der Waals surface area contributed by atoms with Crippen LogP contribution in [0.5, 0.6) is 0 Å². The molecule has 7 heteroatoms. The molecule has 4 rings (SSSR count). The maximum Gasteiger partial charge on any atom is 0.298 e. The first-order valence-corrected chi connectivity index (χ1v) is 7.25. The van der Waals surface area contributed by atoms with Crippen LogP contribution in [0.15, 0.2) is 22.6 Å². The lowest BCUT2D eigenvalue weighted by Gasteiger charge is -2.14. The van der Waals surface area contributed by atoms with E-state index in [4.69, 9.17) is 4.42 Å². The monoisotopic (exact) mass is 288 g/mol. The van der Waals surface area contributed by atoms with E-state index in [1.165, 1.54) is 18.9 Å². The molecule has 7 nitrogen and oxygen atoms in total. The molecule has 1 aromatic carbocycles. The molecule has 1 aliphatic carbocycles. The number of nitrogens with one attached hydrogen (secondary N) is 1. The maximum atomic E-state index is 11.0. The molecule has 2 aromatic rings. The van der Waals surface area contributed by atoms with Crippen LogP contribution in [0.2, 0.25) is 0 Å². The summed E-state index contributed by atoms with van der Waals surface area (Å²) in [6.07, 6.45) is 3.67. The smallest absolute Gasteiger partial charge is 0.298 e. The molecule has 0 amide bonds. The van der Waals surface area contributed by atoms with E-state index in [2.05, 4.69) is 15.2 Å². The molecule has 1 atom stereocenters. The fourth-order valence-corrected chi connectivity index (χ4v) is 2.99. The molecular formula is C14H16N4O3. The van der Waals surface area contributed by atoms with Crippen molar-refractivity contribution in [3.8, 4) is 0 Å². The van der Waals surface area contributed by atoms with Crippen LogP contribution in [-0.4, -0.2) is 40.0 Å². The summed E-state index contributed by atoms with van der Waals surface area (Å²) < 4.78 is 5.59. The summed E-state index contributed by atoms with van der Waals surface area (Å²) in [6.45, 7) is 2.09. The van der Waals surface area contributed by atoms with Crippen LogP contribution in [0.3, 0.4) is 0 Å². The molecule has 110 valence electrons. The first kappa shape index (κ1) is 12.6. The molecule has 21 heavy (non-hydrogen) atoms. The molecule has 1 unspecified atom stereocenters. The number of rotatable bonds is 4. The van der Waals surface area contributed by atoms with Gasteiger partial charge in [0.05, 0.1) is 4.92 Å². The predicted molar refractivity (Wildman–Crippen MR) is 77.3 cm³/mol. The zero-order valence-corrected chi connectivity index (χ0v) is 11.5. The Labute approximate surface area is 121 Å². The number of hydrogen-bond donors (Lipinski definition) is 1. The third-order valence-electron chi connectivity index (χ3n) is 4.20. The molecule has 2 aliphatic rings. The van der Waals surface area contributed by atoms with E-state index in [-0.39, 0.29) is 5.69 Å². The number of aromatic nitrogens is 1. The molecule has 2 fully saturated rings. The molecule has 0 spiro atoms. The number of nitro groups is 1. The zero-order chi connectivity index (χ0) is 14.4. The van der Waals surface area contributed by atoms with Gasteiger partial charge in [-0.15, -0.1) is 0 Å². The molecule has 1 aliphatic heterocycles. The van der Waals surface area contributed by atoms with Gasteiger partial charge in [0.1, 0.15) is 0 Å². The van der Waals surface area contributed by atoms with Crippen LogP contribution in [0, 0.1) is 10.1 Å². The van der Waals surface area contributed by atoms with Crippen molar-refractivity contribution in [2.75, 3.05) is 18.4 Å². The highest BCUT2D eigenvalue weighted by Crippen LogP contribution is 2.31. The number of fused-ring (bicyclic) bond motifs is 1. The van der Waals surface area contributed by atoms with Gasteiger partial charge in [-0.05, 0) is 25.3 Å². The van der Waals surface area contributed by atoms with Gasteiger partial charge in [-0.25, -0.2) is 0 Å². The number of anilines is 1. The minimum Gasteiger partial charge on any atom is -0.423 e. The van der Waals surface area contributed by atoms with Crippen molar-refractivity contribution in [3.05, 3.63) is 28.3 Å². The predicted octanol–water partition coefficient (Wildman–Crippen LogP) is 2.38. The van der Waals surface area contributed by atoms with E-state index in [1.807, 2.05) is 0 Å². The van der Waals surface area contributed by atoms with Crippen molar-refractivity contribution < 1.29 is 9.34 Å². The van der Waals surface area contributed by atoms with E-state index in [1.54, 1.807) is 12.1 Å². The van der Waals surface area contributed by atoms with E-state index < -0.39 is 4.92 Å². The van der Waals surface area contributed by atoms with Crippen LogP contribution in [0.1, 0.15) is 19.3 Å². The average Bonchev–Trinajstić information content (AvgIpc) is 3.07. The number of likely N-dealkylation sites (tertiary alicyclic amines) is 1. The van der Waals surface area contributed by atoms with Gasteiger partial charge in [0.25, 0.3) is 11.7 Å². The Morgan fingerprint density at radius 1 is 1.38 bits per heavy atom. The highest BCUT2D eigenvalue weighted by molar-refractivity contribution is 5.84. The Balaban J connectivity index is 1.54. The number of non-ortho nitro benzene ring substituents is 1. The highest BCUT2D eigenvalue weighted by atomic mass is 16.6. The van der Waals surface area contributed by atoms with Gasteiger partial charge in [-0.3, -0.25) is 15.0 Å². The largest absolute Gasteiger partial charge is 0.423 e. The van der Waals surface area contributed by atoms with Crippen LogP contribution in [-0.2, 0) is 0 Å². The van der Waals surface area contributed by atoms with Crippen molar-refractivity contribution in [3.63, 3.8) is 0 Å². The van der Waals surface area contributed by atoms with E-state index in [0.29, 0.717) is 23.2 Å². The lowest BCUT2D eigenvalue weighted by molar-refractivity contribution is -0.383. The Bertz CT molecular complexity index is 695. The number of nitro benzene ring substituents is 1. The standard InChI is InChI=1S/C14H16N4O3/c19-18(20)11-2-1-3-12-13(11)16-14(21-12)15-9-6-7-17(8-9)10-4-5-10/h1-3,9-10H,4-8H2,(H,15,16). The average molecular weight is 288 g/mol. The number of hydrogen-bond acceptors (Lipinski definition) is 6. The SMILES string of the molecule is O=[N+]([O-])c1cccc2oc(NC3CCN(C4CC4)C3)nc12. The first-order valence-electron chi connectivity index (χ1n) is 7.25. The molecular weight excluding hydrogens is 272 g/mol. The molecule has 1 saturated heterocycles. The number of oxazole rings is 1. The zero-order valence-electron chi connectivity index (χ0n) is 11.5. The van der Waals surface area contributed by atoms with Gasteiger partial charge in [-0.2, -0.15) is 4.98 Å². The summed E-state index contributed by atoms with van der Waals surface area (Å²) >= 11 is 0. The quantitative estimate of drug-likeness (QED) is 0.687. The van der Waals surface area contributed by atoms with E-state index in [9.17, 15) is 10.1 Å². The second kappa shape index (κ2) is 4.70. The Kier molecular flexibility index (Phi) is 2.81. The number of benzene rings is 1. The van der Waals surface area contributed by atoms with Crippen LogP contribution >= 0.6 is 0 Å². The molecule has 2 heterocycles. The third-order valence-corrected chi connectivity index (χ3v) is 4.20. The molecule has 1 N–H and O–H groups in total. The summed E-state index contributed by atoms with van der Waals surface area (Å²) in [7, 11) is 0. The van der Waals surface area contributed by atoms with Crippen LogP contribution < -0.4 is 5.32 Å². The Morgan fingerprint density at radius 2 is 2.24 bits per heavy atom. The van der Waals surface area contributed by atoms with Gasteiger partial charge in [0.15, 0.2) is 11.1 Å². The van der Waals surface area contributed by atoms with Crippen molar-refractivity contribution in [2.24, 2.45) is 0 Å². The topological polar surface area (TPSA) is 84.4 Å². The highest BCUT2D eigenvalue weighted by Gasteiger charge is 2.34. The first-order chi connectivity index (χ1) is 10.2. The molecule has 0 bridgehead atoms. The van der Waals surface area contributed by atoms with E-state index in [0.717, 1.165) is 25.6 Å². The fraction of sp³-hybridized carbons (Fsp3) is 0.500. The van der Waals surface area contributed by atoms with Crippen molar-refractivity contribution in [1.29, 1.82) is 0 Å². The van der Waals surface area contributed by atoms with Gasteiger partial charge >= 0.3 is 0 Å². The maximum absolute atomic E-state index is 11.0. The third kappa shape index (κ3) is 2.33. The van der Waals surface area contributed by atoms with Crippen molar-refractivity contribution in [1.82, 2.24) is 9.88 Å². The lowest BCUT2D eigenvalue weighted by Crippen LogP contribution is -2.27. The normalized spacial score (nSPS) is 22.8. The second-order valence-corrected chi connectivity index (χ2v) is 5.76. The number of nitrogens with zero attached hydrogens (tertiary/aromatic N) is 3. The van der Waals surface area contributed by atoms with Crippen molar-refractivity contribution in [2.45, 2.75) is 31.3 Å². The molecule has 1 aromatic heterocycles. The molecule has 1 saturated carbocycles. The fourth-order valence-electron chi connectivity index (χ4n) is 2.99. The van der Waals surface area contributed by atoms with Crippen LogP contribution in [0.25, 0.3) is 11.1 Å². The second-order valence-electron chi connectivity index (χ2n) is 5.76. The molecule has 0 radical (unpaired) electrons. The summed E-state index contributed by atoms with van der Waals surface area (Å²) in [4.78, 5) is 17.3. The van der Waals surface area contributed by atoms with Gasteiger partial charge < -0.3 is 9.73 Å². The van der Waals surface area contributed by atoms with Gasteiger partial charge in [-0.1, -0.05) is 6.07 Å². The Hall–Kier alpha value is -2.15. The summed E-state index contributed by atoms with van der Waals surface area (Å²) in [5.41, 5.74) is 0.737. The minimum atomic E-state index is -0.432. The van der Waals surface area contributed by atoms with Crippen LogP contribution in [0.4, 0.5) is 11.7 Å². The summed E-state index contributed by atoms with van der Waals surface area (Å²) in [6, 6.07) is 6.20. The van der Waals surface area contributed by atoms with Crippen molar-refractivity contribution >= 4 is 22.8 Å². The summed E-state index contributed by atoms with van der Waals surface area (Å²) in [5, 5.41) is 14.3. The Morgan fingerprint density at radius 3 is 3.00 bits per heavy atom. The van der Waals surface area contributed by atoms with E-state index >= 15 is 0 Å². The minimum absolute atomic E-state index is 0.0182. The van der Waals surface area contributed by atoms with Gasteiger partial charge in [0, 0.05) is 31.2 Å². The summed E-state index contributed by atoms with van der Waals surface area (Å²) in [5.74, 6) is 0. The number of para-hydroxylation sites is 1.